The number of carbonyl (C=O) groups excluding carboxylic acids is 1. The van der Waals surface area contributed by atoms with Gasteiger partial charge in [0.2, 0.25) is 0 Å². The Bertz CT molecular complexity index is 847. The second-order valence-corrected chi connectivity index (χ2v) is 6.79. The molecule has 1 amide bonds. The minimum Gasteiger partial charge on any atom is -0.397 e. The molecule has 0 aliphatic carbocycles. The fourth-order valence-electron chi connectivity index (χ4n) is 2.00. The van der Waals surface area contributed by atoms with Crippen LogP contribution in [0.2, 0.25) is 5.02 Å². The molecule has 6 heteroatoms. The van der Waals surface area contributed by atoms with Crippen molar-refractivity contribution < 1.29 is 4.79 Å². The molecule has 1 aromatic heterocycles. The van der Waals surface area contributed by atoms with E-state index in [0.717, 1.165) is 14.6 Å². The molecule has 3 aromatic rings. The molecule has 0 saturated carbocycles. The third-order valence-corrected chi connectivity index (χ3v) is 5.01. The second kappa shape index (κ2) is 5.67. The Morgan fingerprint density at radius 3 is 2.71 bits per heavy atom. The fourth-order valence-corrected chi connectivity index (χ4v) is 3.74. The first-order valence-electron chi connectivity index (χ1n) is 6.09. The molecule has 3 rings (SSSR count). The van der Waals surface area contributed by atoms with Gasteiger partial charge in [-0.3, -0.25) is 4.79 Å². The first kappa shape index (κ1) is 14.4. The topological polar surface area (TPSA) is 55.1 Å². The van der Waals surface area contributed by atoms with E-state index >= 15 is 0 Å². The van der Waals surface area contributed by atoms with Crippen molar-refractivity contribution in [2.75, 3.05) is 11.1 Å². The van der Waals surface area contributed by atoms with Crippen LogP contribution < -0.4 is 11.1 Å². The summed E-state index contributed by atoms with van der Waals surface area (Å²) in [5.41, 5.74) is 7.12. The average Bonchev–Trinajstić information content (AvgIpc) is 2.80. The van der Waals surface area contributed by atoms with E-state index in [0.29, 0.717) is 21.3 Å². The number of amides is 1. The van der Waals surface area contributed by atoms with Gasteiger partial charge in [-0.05, 0) is 24.3 Å². The van der Waals surface area contributed by atoms with E-state index in [9.17, 15) is 4.79 Å². The lowest BCUT2D eigenvalue weighted by Gasteiger charge is -2.07. The molecule has 0 radical (unpaired) electrons. The molecule has 106 valence electrons. The summed E-state index contributed by atoms with van der Waals surface area (Å²) < 4.78 is 1.84. The van der Waals surface area contributed by atoms with Crippen LogP contribution >= 0.6 is 38.9 Å². The normalized spacial score (nSPS) is 10.8. The molecular formula is C15H10BrClN2OS. The molecular weight excluding hydrogens is 372 g/mol. The largest absolute Gasteiger partial charge is 0.397 e. The Morgan fingerprint density at radius 2 is 2.00 bits per heavy atom. The minimum absolute atomic E-state index is 0.252. The number of hydrogen-bond donors (Lipinski definition) is 2. The maximum absolute atomic E-state index is 12.4. The Labute approximate surface area is 138 Å². The average molecular weight is 382 g/mol. The van der Waals surface area contributed by atoms with Gasteiger partial charge in [0, 0.05) is 14.6 Å². The summed E-state index contributed by atoms with van der Waals surface area (Å²) >= 11 is 10.8. The highest BCUT2D eigenvalue weighted by Crippen LogP contribution is 2.34. The number of benzene rings is 2. The van der Waals surface area contributed by atoms with Crippen LogP contribution in [-0.2, 0) is 0 Å². The van der Waals surface area contributed by atoms with Crippen molar-refractivity contribution >= 4 is 66.2 Å². The zero-order chi connectivity index (χ0) is 15.0. The highest BCUT2D eigenvalue weighted by Gasteiger charge is 2.17. The number of nitrogen functional groups attached to an aromatic ring is 1. The predicted octanol–water partition coefficient (Wildman–Crippen LogP) is 5.15. The van der Waals surface area contributed by atoms with Crippen LogP contribution in [-0.4, -0.2) is 5.91 Å². The van der Waals surface area contributed by atoms with Crippen molar-refractivity contribution in [2.45, 2.75) is 0 Å². The number of fused-ring (bicyclic) bond motifs is 1. The van der Waals surface area contributed by atoms with E-state index in [2.05, 4.69) is 21.2 Å². The number of hydrogen-bond acceptors (Lipinski definition) is 3. The summed E-state index contributed by atoms with van der Waals surface area (Å²) in [6, 6.07) is 13.0. The highest BCUT2D eigenvalue weighted by atomic mass is 79.9. The molecule has 21 heavy (non-hydrogen) atoms. The lowest BCUT2D eigenvalue weighted by molar-refractivity contribution is 0.103. The van der Waals surface area contributed by atoms with Crippen molar-refractivity contribution in [3.05, 3.63) is 56.8 Å². The number of rotatable bonds is 2. The Hall–Kier alpha value is -1.56. The summed E-state index contributed by atoms with van der Waals surface area (Å²) in [6.45, 7) is 0. The summed E-state index contributed by atoms with van der Waals surface area (Å²) in [7, 11) is 0. The molecule has 0 atom stereocenters. The zero-order valence-electron chi connectivity index (χ0n) is 10.7. The molecule has 2 aromatic carbocycles. The first-order chi connectivity index (χ1) is 10.1. The van der Waals surface area contributed by atoms with Crippen molar-refractivity contribution in [1.82, 2.24) is 0 Å². The number of anilines is 2. The van der Waals surface area contributed by atoms with E-state index in [1.54, 1.807) is 12.1 Å². The van der Waals surface area contributed by atoms with Gasteiger partial charge in [0.05, 0.1) is 16.4 Å². The summed E-state index contributed by atoms with van der Waals surface area (Å²) in [5.74, 6) is -0.252. The van der Waals surface area contributed by atoms with Gasteiger partial charge in [-0.2, -0.15) is 0 Å². The molecule has 0 aliphatic rings. The molecule has 3 nitrogen and oxygen atoms in total. The van der Waals surface area contributed by atoms with Gasteiger partial charge in [0.25, 0.3) is 5.91 Å². The maximum Gasteiger partial charge on any atom is 0.267 e. The van der Waals surface area contributed by atoms with Gasteiger partial charge in [0.1, 0.15) is 4.88 Å². The van der Waals surface area contributed by atoms with Gasteiger partial charge in [-0.1, -0.05) is 45.7 Å². The first-order valence-corrected chi connectivity index (χ1v) is 8.08. The number of thiophene rings is 1. The third kappa shape index (κ3) is 2.77. The lowest BCUT2D eigenvalue weighted by atomic mass is 10.2. The van der Waals surface area contributed by atoms with Gasteiger partial charge in [-0.25, -0.2) is 0 Å². The number of nitrogens with two attached hydrogens (primary N) is 1. The Morgan fingerprint density at radius 1 is 1.24 bits per heavy atom. The van der Waals surface area contributed by atoms with Gasteiger partial charge in [-0.15, -0.1) is 11.3 Å². The van der Waals surface area contributed by atoms with E-state index in [1.807, 2.05) is 30.3 Å². The molecule has 3 N–H and O–H groups in total. The SMILES string of the molecule is Nc1c(C(=O)Nc2ccc(Br)cc2Cl)sc2ccccc12. The van der Waals surface area contributed by atoms with Crippen LogP contribution in [0.3, 0.4) is 0 Å². The van der Waals surface area contributed by atoms with Gasteiger partial charge in [0.15, 0.2) is 0 Å². The van der Waals surface area contributed by atoms with E-state index in [4.69, 9.17) is 17.3 Å². The van der Waals surface area contributed by atoms with Crippen molar-refractivity contribution in [1.29, 1.82) is 0 Å². The molecule has 0 spiro atoms. The quantitative estimate of drug-likeness (QED) is 0.645. The maximum atomic E-state index is 12.4. The van der Waals surface area contributed by atoms with Crippen LogP contribution in [0.1, 0.15) is 9.67 Å². The zero-order valence-corrected chi connectivity index (χ0v) is 13.8. The second-order valence-electron chi connectivity index (χ2n) is 4.42. The number of halogens is 2. The standard InChI is InChI=1S/C15H10BrClN2OS/c16-8-5-6-11(10(17)7-8)19-15(20)14-13(18)9-3-1-2-4-12(9)21-14/h1-7H,18H2,(H,19,20). The molecule has 0 unspecified atom stereocenters. The predicted molar refractivity (Wildman–Crippen MR) is 93.3 cm³/mol. The van der Waals surface area contributed by atoms with Crippen molar-refractivity contribution in [2.24, 2.45) is 0 Å². The highest BCUT2D eigenvalue weighted by molar-refractivity contribution is 9.10. The molecule has 0 aliphatic heterocycles. The molecule has 0 fully saturated rings. The van der Waals surface area contributed by atoms with E-state index < -0.39 is 0 Å². The molecule has 1 heterocycles. The molecule has 0 saturated heterocycles. The van der Waals surface area contributed by atoms with E-state index in [-0.39, 0.29) is 5.91 Å². The number of carbonyl (C=O) groups is 1. The van der Waals surface area contributed by atoms with Crippen LogP contribution in [0.5, 0.6) is 0 Å². The summed E-state index contributed by atoms with van der Waals surface area (Å²) in [4.78, 5) is 12.9. The summed E-state index contributed by atoms with van der Waals surface area (Å²) in [5, 5.41) is 4.16. The fraction of sp³-hybridized carbons (Fsp3) is 0. The van der Waals surface area contributed by atoms with Crippen LogP contribution in [0.25, 0.3) is 10.1 Å². The van der Waals surface area contributed by atoms with Gasteiger partial charge < -0.3 is 11.1 Å². The smallest absolute Gasteiger partial charge is 0.267 e. The molecule has 0 bridgehead atoms. The van der Waals surface area contributed by atoms with Crippen LogP contribution in [0, 0.1) is 0 Å². The third-order valence-electron chi connectivity index (χ3n) is 3.02. The van der Waals surface area contributed by atoms with Crippen LogP contribution in [0.4, 0.5) is 11.4 Å². The Kier molecular flexibility index (Phi) is 3.89. The monoisotopic (exact) mass is 380 g/mol. The van der Waals surface area contributed by atoms with E-state index in [1.165, 1.54) is 11.3 Å². The Balaban J connectivity index is 1.95. The van der Waals surface area contributed by atoms with Crippen LogP contribution in [0.15, 0.2) is 46.9 Å². The number of nitrogens with one attached hydrogen (secondary N) is 1. The van der Waals surface area contributed by atoms with Crippen molar-refractivity contribution in [3.63, 3.8) is 0 Å². The lowest BCUT2D eigenvalue weighted by Crippen LogP contribution is -2.12. The van der Waals surface area contributed by atoms with Crippen molar-refractivity contribution in [3.8, 4) is 0 Å². The summed E-state index contributed by atoms with van der Waals surface area (Å²) in [6.07, 6.45) is 0. The van der Waals surface area contributed by atoms with Gasteiger partial charge >= 0.3 is 0 Å². The minimum atomic E-state index is -0.252.